The predicted molar refractivity (Wildman–Crippen MR) is 120 cm³/mol. The molecule has 0 saturated carbocycles. The van der Waals surface area contributed by atoms with E-state index in [9.17, 15) is 0 Å². The molecule has 1 aliphatic rings. The minimum Gasteiger partial charge on any atom is -0.378 e. The van der Waals surface area contributed by atoms with Crippen molar-refractivity contribution in [3.63, 3.8) is 0 Å². The predicted octanol–water partition coefficient (Wildman–Crippen LogP) is 2.47. The van der Waals surface area contributed by atoms with Gasteiger partial charge in [0.2, 0.25) is 11.9 Å². The lowest BCUT2D eigenvalue weighted by Gasteiger charge is -2.18. The Bertz CT molecular complexity index is 800. The fourth-order valence-corrected chi connectivity index (χ4v) is 3.79. The number of hydrogen-bond donors (Lipinski definition) is 2. The minimum atomic E-state index is 0.530. The number of nitrogens with one attached hydrogen (secondary N) is 1. The molecule has 30 heavy (non-hydrogen) atoms. The number of nitrogens with two attached hydrogens (primary N) is 1. The molecule has 1 fully saturated rings. The van der Waals surface area contributed by atoms with E-state index in [0.29, 0.717) is 45.5 Å². The summed E-state index contributed by atoms with van der Waals surface area (Å²) >= 11 is 0. The lowest BCUT2D eigenvalue weighted by atomic mass is 9.99. The fraction of sp³-hybridized carbons (Fsp3) is 0.591. The molecule has 3 N–H and O–H groups in total. The van der Waals surface area contributed by atoms with Crippen LogP contribution in [0.1, 0.15) is 29.5 Å². The second-order valence-electron chi connectivity index (χ2n) is 7.69. The van der Waals surface area contributed by atoms with Crippen molar-refractivity contribution in [2.75, 3.05) is 62.8 Å². The first-order valence-corrected chi connectivity index (χ1v) is 10.8. The van der Waals surface area contributed by atoms with Gasteiger partial charge in [0.15, 0.2) is 5.82 Å². The number of hydrogen-bond acceptors (Lipinski definition) is 8. The van der Waals surface area contributed by atoms with Crippen LogP contribution in [-0.4, -0.2) is 67.6 Å². The summed E-state index contributed by atoms with van der Waals surface area (Å²) in [5.41, 5.74) is 10.1. The fourth-order valence-electron chi connectivity index (χ4n) is 3.79. The summed E-state index contributed by atoms with van der Waals surface area (Å²) < 4.78 is 10.9. The molecule has 0 atom stereocenters. The smallest absolute Gasteiger partial charge is 0.230 e. The lowest BCUT2D eigenvalue weighted by molar-refractivity contribution is 0.0547. The Hall–Kier alpha value is -2.29. The molecule has 2 heterocycles. The van der Waals surface area contributed by atoms with E-state index in [0.717, 1.165) is 30.4 Å². The molecule has 0 spiro atoms. The molecule has 3 rings (SSSR count). The van der Waals surface area contributed by atoms with Crippen molar-refractivity contribution in [2.24, 2.45) is 5.73 Å². The van der Waals surface area contributed by atoms with Crippen molar-refractivity contribution in [3.05, 3.63) is 28.8 Å². The molecule has 0 unspecified atom stereocenters. The number of rotatable bonds is 11. The van der Waals surface area contributed by atoms with Crippen molar-refractivity contribution in [2.45, 2.75) is 33.6 Å². The summed E-state index contributed by atoms with van der Waals surface area (Å²) in [6.07, 6.45) is 2.35. The maximum absolute atomic E-state index is 5.59. The number of ether oxygens (including phenoxy) is 2. The topological polar surface area (TPSA) is 98.4 Å². The van der Waals surface area contributed by atoms with Gasteiger partial charge in [0.05, 0.1) is 26.4 Å². The molecule has 1 saturated heterocycles. The summed E-state index contributed by atoms with van der Waals surface area (Å²) in [6, 6.07) is 4.35. The zero-order valence-electron chi connectivity index (χ0n) is 18.4. The molecule has 1 aromatic carbocycles. The Morgan fingerprint density at radius 1 is 0.933 bits per heavy atom. The van der Waals surface area contributed by atoms with Crippen LogP contribution in [0.2, 0.25) is 0 Å². The quantitative estimate of drug-likeness (QED) is 0.541. The van der Waals surface area contributed by atoms with Gasteiger partial charge in [-0.1, -0.05) is 17.7 Å². The SMILES string of the molecule is Cc1cc(C)c(-c2nc(NCCOCCOCCN)nc(N3CCCC3)n2)c(C)c1. The highest BCUT2D eigenvalue weighted by molar-refractivity contribution is 5.67. The first-order chi connectivity index (χ1) is 14.6. The van der Waals surface area contributed by atoms with E-state index in [4.69, 9.17) is 25.2 Å². The van der Waals surface area contributed by atoms with Gasteiger partial charge >= 0.3 is 0 Å². The van der Waals surface area contributed by atoms with Gasteiger partial charge in [-0.2, -0.15) is 15.0 Å². The standard InChI is InChI=1S/C22H34N6O2/c1-16-14-17(2)19(18(3)15-16)20-25-21(24-7-11-30-13-12-29-10-6-23)27-22(26-20)28-8-4-5-9-28/h14-15H,4-13,23H2,1-3H3,(H,24,25,26,27). The zero-order valence-corrected chi connectivity index (χ0v) is 18.4. The zero-order chi connectivity index (χ0) is 21.3. The van der Waals surface area contributed by atoms with E-state index in [1.807, 2.05) is 0 Å². The average molecular weight is 415 g/mol. The molecule has 0 aliphatic carbocycles. The van der Waals surface area contributed by atoms with Gasteiger partial charge in [-0.15, -0.1) is 0 Å². The van der Waals surface area contributed by atoms with E-state index in [1.165, 1.54) is 29.5 Å². The summed E-state index contributed by atoms with van der Waals surface area (Å²) in [4.78, 5) is 16.5. The van der Waals surface area contributed by atoms with Crippen LogP contribution in [0.5, 0.6) is 0 Å². The van der Waals surface area contributed by atoms with Crippen LogP contribution >= 0.6 is 0 Å². The largest absolute Gasteiger partial charge is 0.378 e. The van der Waals surface area contributed by atoms with Gasteiger partial charge < -0.3 is 25.4 Å². The average Bonchev–Trinajstić information content (AvgIpc) is 3.24. The van der Waals surface area contributed by atoms with Crippen LogP contribution in [0.3, 0.4) is 0 Å². The van der Waals surface area contributed by atoms with Crippen molar-refractivity contribution in [1.82, 2.24) is 15.0 Å². The van der Waals surface area contributed by atoms with Crippen molar-refractivity contribution in [3.8, 4) is 11.4 Å². The molecule has 1 aromatic heterocycles. The number of aryl methyl sites for hydroxylation is 3. The maximum Gasteiger partial charge on any atom is 0.230 e. The first-order valence-electron chi connectivity index (χ1n) is 10.8. The van der Waals surface area contributed by atoms with Crippen molar-refractivity contribution >= 4 is 11.9 Å². The number of nitrogens with zero attached hydrogens (tertiary/aromatic N) is 4. The van der Waals surface area contributed by atoms with E-state index in [1.54, 1.807) is 0 Å². The van der Waals surface area contributed by atoms with E-state index >= 15 is 0 Å². The monoisotopic (exact) mass is 414 g/mol. The molecule has 2 aromatic rings. The second-order valence-corrected chi connectivity index (χ2v) is 7.69. The highest BCUT2D eigenvalue weighted by Crippen LogP contribution is 2.28. The van der Waals surface area contributed by atoms with Crippen LogP contribution in [-0.2, 0) is 9.47 Å². The molecule has 164 valence electrons. The Morgan fingerprint density at radius 3 is 2.27 bits per heavy atom. The van der Waals surface area contributed by atoms with E-state index < -0.39 is 0 Å². The number of aromatic nitrogens is 3. The highest BCUT2D eigenvalue weighted by atomic mass is 16.5. The van der Waals surface area contributed by atoms with Gasteiger partial charge in [-0.25, -0.2) is 0 Å². The third-order valence-electron chi connectivity index (χ3n) is 5.08. The number of anilines is 2. The van der Waals surface area contributed by atoms with Crippen LogP contribution < -0.4 is 16.0 Å². The Balaban J connectivity index is 1.72. The summed E-state index contributed by atoms with van der Waals surface area (Å²) in [5, 5.41) is 3.30. The van der Waals surface area contributed by atoms with E-state index in [-0.39, 0.29) is 0 Å². The molecular weight excluding hydrogens is 380 g/mol. The Labute approximate surface area is 179 Å². The van der Waals surface area contributed by atoms with Crippen LogP contribution in [0.15, 0.2) is 12.1 Å². The molecule has 1 aliphatic heterocycles. The molecule has 0 radical (unpaired) electrons. The third kappa shape index (κ3) is 6.10. The summed E-state index contributed by atoms with van der Waals surface area (Å²) in [5.74, 6) is 2.06. The van der Waals surface area contributed by atoms with Crippen LogP contribution in [0.4, 0.5) is 11.9 Å². The van der Waals surface area contributed by atoms with Gasteiger partial charge in [-0.05, 0) is 44.7 Å². The van der Waals surface area contributed by atoms with Crippen molar-refractivity contribution in [1.29, 1.82) is 0 Å². The molecule has 8 heteroatoms. The third-order valence-corrected chi connectivity index (χ3v) is 5.08. The van der Waals surface area contributed by atoms with Crippen LogP contribution in [0.25, 0.3) is 11.4 Å². The molecule has 0 amide bonds. The Morgan fingerprint density at radius 2 is 1.60 bits per heavy atom. The van der Waals surface area contributed by atoms with Crippen LogP contribution in [0, 0.1) is 20.8 Å². The van der Waals surface area contributed by atoms with E-state index in [2.05, 4.69) is 48.1 Å². The second kappa shape index (κ2) is 11.2. The summed E-state index contributed by atoms with van der Waals surface area (Å²) in [7, 11) is 0. The molecule has 8 nitrogen and oxygen atoms in total. The van der Waals surface area contributed by atoms with Crippen molar-refractivity contribution < 1.29 is 9.47 Å². The van der Waals surface area contributed by atoms with Gasteiger partial charge in [0.1, 0.15) is 0 Å². The minimum absolute atomic E-state index is 0.530. The highest BCUT2D eigenvalue weighted by Gasteiger charge is 2.19. The lowest BCUT2D eigenvalue weighted by Crippen LogP contribution is -2.22. The number of benzene rings is 1. The molecular formula is C22H34N6O2. The first kappa shape index (κ1) is 22.4. The Kier molecular flexibility index (Phi) is 8.36. The molecule has 0 bridgehead atoms. The normalized spacial score (nSPS) is 13.8. The summed E-state index contributed by atoms with van der Waals surface area (Å²) in [6.45, 7) is 11.7. The van der Waals surface area contributed by atoms with Gasteiger partial charge in [0, 0.05) is 31.7 Å². The van der Waals surface area contributed by atoms with Gasteiger partial charge in [-0.3, -0.25) is 0 Å². The maximum atomic E-state index is 5.59. The van der Waals surface area contributed by atoms with Gasteiger partial charge in [0.25, 0.3) is 0 Å².